The first-order chi connectivity index (χ1) is 28.5. The van der Waals surface area contributed by atoms with Crippen molar-refractivity contribution >= 4 is 52.2 Å². The Kier molecular flexibility index (Phi) is 11.3. The molecule has 58 heavy (non-hydrogen) atoms. The lowest BCUT2D eigenvalue weighted by molar-refractivity contribution is 0.398. The minimum atomic E-state index is -0.00486. The minimum Gasteiger partial charge on any atom is -0.255 e. The Morgan fingerprint density at radius 1 is 0.517 bits per heavy atom. The molecule has 0 saturated heterocycles. The lowest BCUT2D eigenvalue weighted by Crippen LogP contribution is -2.25. The van der Waals surface area contributed by atoms with Crippen molar-refractivity contribution in [3.05, 3.63) is 114 Å². The van der Waals surface area contributed by atoms with E-state index in [1.807, 2.05) is 27.2 Å². The molecule has 0 N–H and O–H groups in total. The number of unbranched alkanes of at least 4 members (excludes halogenated alkanes) is 10. The van der Waals surface area contributed by atoms with E-state index < -0.39 is 0 Å². The van der Waals surface area contributed by atoms with E-state index in [4.69, 9.17) is 9.97 Å². The van der Waals surface area contributed by atoms with Crippen LogP contribution in [0.5, 0.6) is 0 Å². The largest absolute Gasteiger partial charge is 0.255 e. The number of aromatic nitrogens is 5. The van der Waals surface area contributed by atoms with Crippen LogP contribution in [0.2, 0.25) is 0 Å². The number of benzene rings is 4. The molecule has 0 fully saturated rings. The zero-order valence-corrected chi connectivity index (χ0v) is 36.2. The molecule has 0 aliphatic heterocycles. The highest BCUT2D eigenvalue weighted by Crippen LogP contribution is 2.55. The fraction of sp³-hybridized carbons (Fsp3) is 0.373. The summed E-state index contributed by atoms with van der Waals surface area (Å²) in [5.41, 5.74) is 12.5. The second-order valence-electron chi connectivity index (χ2n) is 16.8. The molecular formula is C51H55N5S2. The highest BCUT2D eigenvalue weighted by Gasteiger charge is 2.42. The van der Waals surface area contributed by atoms with E-state index in [1.165, 1.54) is 147 Å². The van der Waals surface area contributed by atoms with Gasteiger partial charge in [0.1, 0.15) is 12.7 Å². The predicted octanol–water partition coefficient (Wildman–Crippen LogP) is 15.4. The van der Waals surface area contributed by atoms with Crippen molar-refractivity contribution in [3.8, 4) is 39.6 Å². The van der Waals surface area contributed by atoms with E-state index in [2.05, 4.69) is 117 Å². The molecule has 8 aromatic rings. The van der Waals surface area contributed by atoms with Gasteiger partial charge in [0, 0.05) is 36.7 Å². The van der Waals surface area contributed by atoms with Gasteiger partial charge in [0.15, 0.2) is 0 Å². The van der Waals surface area contributed by atoms with Crippen molar-refractivity contribution < 1.29 is 0 Å². The van der Waals surface area contributed by atoms with Crippen LogP contribution in [0.3, 0.4) is 0 Å². The van der Waals surface area contributed by atoms with Crippen molar-refractivity contribution in [3.63, 3.8) is 0 Å². The summed E-state index contributed by atoms with van der Waals surface area (Å²) < 4.78 is 7.23. The van der Waals surface area contributed by atoms with Crippen LogP contribution >= 0.6 is 22.7 Å². The molecular weight excluding hydrogens is 747 g/mol. The average Bonchev–Trinajstić information content (AvgIpc) is 4.03. The minimum absolute atomic E-state index is 0.00486. The number of thiophene rings is 2. The maximum atomic E-state index is 5.22. The molecule has 296 valence electrons. The highest BCUT2D eigenvalue weighted by atomic mass is 32.1. The van der Waals surface area contributed by atoms with Crippen LogP contribution in [0.4, 0.5) is 0 Å². The topological polar surface area (TPSA) is 56.5 Å². The normalized spacial score (nSPS) is 13.2. The number of rotatable bonds is 17. The number of hydrogen-bond acceptors (Lipinski definition) is 6. The van der Waals surface area contributed by atoms with Crippen molar-refractivity contribution in [2.75, 3.05) is 0 Å². The molecule has 7 heteroatoms. The van der Waals surface area contributed by atoms with Crippen LogP contribution in [0.1, 0.15) is 126 Å². The monoisotopic (exact) mass is 801 g/mol. The van der Waals surface area contributed by atoms with Gasteiger partial charge in [0.2, 0.25) is 5.95 Å². The lowest BCUT2D eigenvalue weighted by Gasteiger charge is -2.33. The molecule has 4 aromatic carbocycles. The van der Waals surface area contributed by atoms with Gasteiger partial charge in [-0.15, -0.1) is 32.9 Å². The summed E-state index contributed by atoms with van der Waals surface area (Å²) in [6.45, 7) is 9.06. The first kappa shape index (κ1) is 38.8. The number of fused-ring (bicyclic) bond motifs is 8. The first-order valence-corrected chi connectivity index (χ1v) is 23.5. The van der Waals surface area contributed by atoms with Crippen LogP contribution in [0.15, 0.2) is 91.5 Å². The van der Waals surface area contributed by atoms with E-state index in [0.717, 1.165) is 22.5 Å². The quantitative estimate of drug-likeness (QED) is 0.0861. The van der Waals surface area contributed by atoms with Gasteiger partial charge in [-0.25, -0.2) is 9.97 Å². The lowest BCUT2D eigenvalue weighted by atomic mass is 9.70. The summed E-state index contributed by atoms with van der Waals surface area (Å²) in [6.07, 6.45) is 21.5. The Balaban J connectivity index is 1.13. The number of nitrogens with zero attached hydrogens (tertiary/aromatic N) is 5. The molecule has 0 unspecified atom stereocenters. The Labute approximate surface area is 351 Å². The molecule has 0 spiro atoms. The van der Waals surface area contributed by atoms with Gasteiger partial charge in [-0.3, -0.25) is 4.57 Å². The predicted molar refractivity (Wildman–Crippen MR) is 248 cm³/mol. The van der Waals surface area contributed by atoms with E-state index in [1.54, 1.807) is 18.2 Å². The standard InChI is InChI=1S/C51H55N5S2/c1-5-7-9-11-13-15-25-51(26-16-14-12-10-8-6-2)42-27-34(3)17-21-38(42)39-23-19-36(29-43(39)51)44-31-45(55-50(54-44)56-32-52-53-33-56)37-20-24-41-47(30-37)58-48-40-22-18-35(4)28-46(40)57-49(41)48/h17-24,27-33H,5-16,25-26H2,1-4H3. The molecule has 1 aliphatic carbocycles. The van der Waals surface area contributed by atoms with Crippen LogP contribution in [0.25, 0.3) is 69.2 Å². The third kappa shape index (κ3) is 7.41. The van der Waals surface area contributed by atoms with Gasteiger partial charge in [0.25, 0.3) is 0 Å². The highest BCUT2D eigenvalue weighted by molar-refractivity contribution is 7.36. The van der Waals surface area contributed by atoms with Crippen LogP contribution in [-0.4, -0.2) is 24.7 Å². The third-order valence-electron chi connectivity index (χ3n) is 12.6. The summed E-state index contributed by atoms with van der Waals surface area (Å²) in [4.78, 5) is 10.4. The number of aryl methyl sites for hydroxylation is 2. The molecule has 0 bridgehead atoms. The fourth-order valence-electron chi connectivity index (χ4n) is 9.52. The summed E-state index contributed by atoms with van der Waals surface area (Å²) in [5.74, 6) is 0.580. The Morgan fingerprint density at radius 3 is 1.67 bits per heavy atom. The second-order valence-corrected chi connectivity index (χ2v) is 18.9. The Bertz CT molecular complexity index is 2690. The van der Waals surface area contributed by atoms with Crippen molar-refractivity contribution in [2.24, 2.45) is 0 Å². The Hall–Kier alpha value is -4.72. The second kappa shape index (κ2) is 16.9. The van der Waals surface area contributed by atoms with E-state index in [-0.39, 0.29) is 5.41 Å². The van der Waals surface area contributed by atoms with Gasteiger partial charge in [-0.05, 0) is 78.8 Å². The average molecular weight is 802 g/mol. The van der Waals surface area contributed by atoms with E-state index in [9.17, 15) is 0 Å². The van der Waals surface area contributed by atoms with Crippen LogP contribution in [-0.2, 0) is 5.41 Å². The van der Waals surface area contributed by atoms with Gasteiger partial charge in [-0.2, -0.15) is 0 Å². The zero-order chi connectivity index (χ0) is 39.6. The summed E-state index contributed by atoms with van der Waals surface area (Å²) in [6, 6.07) is 30.3. The maximum absolute atomic E-state index is 5.22. The Morgan fingerprint density at radius 2 is 1.02 bits per heavy atom. The van der Waals surface area contributed by atoms with Crippen LogP contribution < -0.4 is 0 Å². The molecule has 0 saturated carbocycles. The number of hydrogen-bond donors (Lipinski definition) is 0. The molecule has 0 radical (unpaired) electrons. The first-order valence-electron chi connectivity index (χ1n) is 21.8. The summed E-state index contributed by atoms with van der Waals surface area (Å²) in [7, 11) is 0. The SMILES string of the molecule is CCCCCCCCC1(CCCCCCCC)c2cc(C)ccc2-c2ccc(-c3cc(-c4ccc5c(c4)sc4c6ccc(C)cc6sc54)nc(-n4cnnc4)n3)cc21. The molecule has 4 heterocycles. The molecule has 0 amide bonds. The van der Waals surface area contributed by atoms with Crippen LogP contribution in [0, 0.1) is 13.8 Å². The smallest absolute Gasteiger partial charge is 0.237 e. The molecule has 4 aromatic heterocycles. The molecule has 0 atom stereocenters. The van der Waals surface area contributed by atoms with Crippen molar-refractivity contribution in [2.45, 2.75) is 123 Å². The maximum Gasteiger partial charge on any atom is 0.237 e. The van der Waals surface area contributed by atoms with E-state index >= 15 is 0 Å². The third-order valence-corrected chi connectivity index (χ3v) is 15.1. The fourth-order valence-corrected chi connectivity index (χ4v) is 12.3. The van der Waals surface area contributed by atoms with Gasteiger partial charge in [0.05, 0.1) is 20.8 Å². The molecule has 5 nitrogen and oxygen atoms in total. The van der Waals surface area contributed by atoms with Crippen molar-refractivity contribution in [1.29, 1.82) is 0 Å². The summed E-state index contributed by atoms with van der Waals surface area (Å²) >= 11 is 3.79. The van der Waals surface area contributed by atoms with Gasteiger partial charge >= 0.3 is 0 Å². The molecule has 1 aliphatic rings. The summed E-state index contributed by atoms with van der Waals surface area (Å²) in [5, 5.41) is 10.9. The zero-order valence-electron chi connectivity index (χ0n) is 34.6. The van der Waals surface area contributed by atoms with Gasteiger partial charge in [-0.1, -0.05) is 151 Å². The van der Waals surface area contributed by atoms with Gasteiger partial charge < -0.3 is 0 Å². The van der Waals surface area contributed by atoms with Crippen molar-refractivity contribution in [1.82, 2.24) is 24.7 Å². The molecule has 9 rings (SSSR count). The van der Waals surface area contributed by atoms with E-state index in [0.29, 0.717) is 5.95 Å².